The van der Waals surface area contributed by atoms with Crippen molar-refractivity contribution in [2.24, 2.45) is 5.73 Å². The molecule has 0 radical (unpaired) electrons. The van der Waals surface area contributed by atoms with Crippen LogP contribution < -0.4 is 32.6 Å². The van der Waals surface area contributed by atoms with Crippen LogP contribution in [0.4, 0.5) is 5.00 Å². The zero-order chi connectivity index (χ0) is 17.1. The van der Waals surface area contributed by atoms with Crippen molar-refractivity contribution in [2.75, 3.05) is 5.32 Å². The van der Waals surface area contributed by atoms with Crippen LogP contribution in [-0.4, -0.2) is 11.8 Å². The summed E-state index contributed by atoms with van der Waals surface area (Å²) in [6, 6.07) is 4.02. The van der Waals surface area contributed by atoms with Gasteiger partial charge in [0.2, 0.25) is 5.91 Å². The van der Waals surface area contributed by atoms with Crippen LogP contribution in [0.5, 0.6) is 0 Å². The normalized spacial score (nSPS) is 12.8. The van der Waals surface area contributed by atoms with Crippen LogP contribution in [0.1, 0.15) is 45.6 Å². The van der Waals surface area contributed by atoms with Crippen LogP contribution in [-0.2, 0) is 24.2 Å². The van der Waals surface area contributed by atoms with Crippen molar-refractivity contribution in [3.05, 3.63) is 46.1 Å². The summed E-state index contributed by atoms with van der Waals surface area (Å²) in [5, 5.41) is 3.51. The lowest BCUT2D eigenvalue weighted by Gasteiger charge is -2.11. The molecule has 1 aliphatic carbocycles. The molecule has 3 N–H and O–H groups in total. The molecule has 0 bridgehead atoms. The molecule has 0 unspecified atom stereocenters. The maximum absolute atomic E-state index is 12.3. The standard InChI is InChI=1S/C18H21N3O2S.BrH/c1-12-6-9-21(10-7-12)11-8-15(22)20-18-16(17(19)23)13-4-2-3-5-14(13)24-18;/h6-7,9-10H,2-5,8,11H2,1H3,(H2-,19,20,22,23);1H. The molecule has 134 valence electrons. The maximum atomic E-state index is 12.3. The predicted octanol–water partition coefficient (Wildman–Crippen LogP) is -0.645. The minimum atomic E-state index is -0.447. The Hall–Kier alpha value is -1.73. The van der Waals surface area contributed by atoms with Crippen molar-refractivity contribution in [1.82, 2.24) is 0 Å². The molecule has 0 spiro atoms. The summed E-state index contributed by atoms with van der Waals surface area (Å²) in [4.78, 5) is 25.3. The average molecular weight is 424 g/mol. The first kappa shape index (κ1) is 19.6. The maximum Gasteiger partial charge on any atom is 0.251 e. The van der Waals surface area contributed by atoms with Gasteiger partial charge in [0, 0.05) is 17.0 Å². The summed E-state index contributed by atoms with van der Waals surface area (Å²) in [6.45, 7) is 2.63. The molecular formula is C18H22BrN3O2S. The molecule has 3 rings (SSSR count). The molecule has 2 amide bonds. The average Bonchev–Trinajstić information content (AvgIpc) is 2.92. The van der Waals surface area contributed by atoms with Crippen molar-refractivity contribution in [2.45, 2.75) is 45.6 Å². The monoisotopic (exact) mass is 423 g/mol. The lowest BCUT2D eigenvalue weighted by Crippen LogP contribution is -3.00. The Morgan fingerprint density at radius 2 is 1.92 bits per heavy atom. The van der Waals surface area contributed by atoms with Gasteiger partial charge in [-0.25, -0.2) is 4.57 Å². The number of halogens is 1. The van der Waals surface area contributed by atoms with Gasteiger partial charge in [-0.05, 0) is 43.7 Å². The highest BCUT2D eigenvalue weighted by Gasteiger charge is 2.25. The summed E-state index contributed by atoms with van der Waals surface area (Å²) in [6.07, 6.45) is 8.32. The minimum absolute atomic E-state index is 0. The van der Waals surface area contributed by atoms with E-state index in [2.05, 4.69) is 5.32 Å². The second-order valence-corrected chi connectivity index (χ2v) is 7.30. The van der Waals surface area contributed by atoms with Gasteiger partial charge >= 0.3 is 0 Å². The number of nitrogens with zero attached hydrogens (tertiary/aromatic N) is 1. The fourth-order valence-electron chi connectivity index (χ4n) is 3.02. The summed E-state index contributed by atoms with van der Waals surface area (Å²) in [5.74, 6) is -0.540. The van der Waals surface area contributed by atoms with E-state index in [0.717, 1.165) is 31.2 Å². The highest BCUT2D eigenvalue weighted by atomic mass is 79.9. The third-order valence-corrected chi connectivity index (χ3v) is 5.53. The Bertz CT molecular complexity index is 771. The van der Waals surface area contributed by atoms with Crippen molar-refractivity contribution in [3.8, 4) is 0 Å². The smallest absolute Gasteiger partial charge is 0.251 e. The van der Waals surface area contributed by atoms with Gasteiger partial charge in [-0.15, -0.1) is 11.3 Å². The fourth-order valence-corrected chi connectivity index (χ4v) is 4.33. The molecule has 0 aliphatic heterocycles. The lowest BCUT2D eigenvalue weighted by molar-refractivity contribution is -0.695. The molecule has 25 heavy (non-hydrogen) atoms. The van der Waals surface area contributed by atoms with Crippen molar-refractivity contribution >= 4 is 28.2 Å². The van der Waals surface area contributed by atoms with Gasteiger partial charge in [-0.2, -0.15) is 0 Å². The quantitative estimate of drug-likeness (QED) is 0.627. The SMILES string of the molecule is Cc1cc[n+](CCC(=O)Nc2sc3c(c2C(N)=O)CCCC3)cc1.[Br-]. The van der Waals surface area contributed by atoms with E-state index in [1.165, 1.54) is 21.8 Å². The number of carbonyl (C=O) groups excluding carboxylic acids is 2. The Kier molecular flexibility index (Phi) is 6.72. The predicted molar refractivity (Wildman–Crippen MR) is 94.1 cm³/mol. The van der Waals surface area contributed by atoms with E-state index in [0.29, 0.717) is 23.5 Å². The molecule has 0 aromatic carbocycles. The van der Waals surface area contributed by atoms with Gasteiger partial charge in [-0.1, -0.05) is 0 Å². The van der Waals surface area contributed by atoms with E-state index in [1.54, 1.807) is 0 Å². The summed E-state index contributed by atoms with van der Waals surface area (Å²) in [7, 11) is 0. The molecule has 2 heterocycles. The van der Waals surface area contributed by atoms with Crippen molar-refractivity contribution in [1.29, 1.82) is 0 Å². The number of pyridine rings is 1. The first-order valence-corrected chi connectivity index (χ1v) is 9.06. The van der Waals surface area contributed by atoms with Crippen LogP contribution in [0.25, 0.3) is 0 Å². The Balaban J connectivity index is 0.00000225. The van der Waals surface area contributed by atoms with Crippen LogP contribution >= 0.6 is 11.3 Å². The summed E-state index contributed by atoms with van der Waals surface area (Å²) < 4.78 is 1.97. The number of aromatic nitrogens is 1. The molecular weight excluding hydrogens is 402 g/mol. The Morgan fingerprint density at radius 3 is 2.60 bits per heavy atom. The van der Waals surface area contributed by atoms with Gasteiger partial charge in [0.1, 0.15) is 5.00 Å². The number of hydrogen-bond acceptors (Lipinski definition) is 3. The van der Waals surface area contributed by atoms with E-state index in [-0.39, 0.29) is 22.9 Å². The van der Waals surface area contributed by atoms with E-state index >= 15 is 0 Å². The second-order valence-electron chi connectivity index (χ2n) is 6.19. The first-order chi connectivity index (χ1) is 11.5. The van der Waals surface area contributed by atoms with Crippen LogP contribution in [0.2, 0.25) is 0 Å². The number of aryl methyl sites for hydroxylation is 3. The first-order valence-electron chi connectivity index (χ1n) is 8.24. The van der Waals surface area contributed by atoms with Gasteiger partial charge in [0.25, 0.3) is 5.91 Å². The number of hydrogen-bond donors (Lipinski definition) is 2. The molecule has 0 fully saturated rings. The summed E-state index contributed by atoms with van der Waals surface area (Å²) >= 11 is 1.50. The zero-order valence-electron chi connectivity index (χ0n) is 14.2. The Morgan fingerprint density at radius 1 is 1.24 bits per heavy atom. The van der Waals surface area contributed by atoms with Gasteiger partial charge < -0.3 is 28.0 Å². The number of rotatable bonds is 5. The molecule has 0 saturated heterocycles. The van der Waals surface area contributed by atoms with E-state index in [4.69, 9.17) is 5.73 Å². The number of amides is 2. The van der Waals surface area contributed by atoms with E-state index in [9.17, 15) is 9.59 Å². The number of primary amides is 1. The molecule has 1 aliphatic rings. The van der Waals surface area contributed by atoms with Gasteiger partial charge in [-0.3, -0.25) is 9.59 Å². The van der Waals surface area contributed by atoms with Crippen LogP contribution in [0.3, 0.4) is 0 Å². The second kappa shape index (κ2) is 8.58. The minimum Gasteiger partial charge on any atom is -1.00 e. The number of fused-ring (bicyclic) bond motifs is 1. The lowest BCUT2D eigenvalue weighted by atomic mass is 9.95. The zero-order valence-corrected chi connectivity index (χ0v) is 16.6. The van der Waals surface area contributed by atoms with Gasteiger partial charge in [0.15, 0.2) is 18.9 Å². The molecule has 0 saturated carbocycles. The molecule has 0 atom stereocenters. The van der Waals surface area contributed by atoms with Crippen molar-refractivity contribution < 1.29 is 31.1 Å². The number of nitrogens with one attached hydrogen (secondary N) is 1. The number of thiophene rings is 1. The van der Waals surface area contributed by atoms with Crippen molar-refractivity contribution in [3.63, 3.8) is 0 Å². The highest BCUT2D eigenvalue weighted by molar-refractivity contribution is 7.17. The number of carbonyl (C=O) groups is 2. The van der Waals surface area contributed by atoms with Crippen LogP contribution in [0, 0.1) is 6.92 Å². The fraction of sp³-hybridized carbons (Fsp3) is 0.389. The number of anilines is 1. The van der Waals surface area contributed by atoms with E-state index in [1.807, 2.05) is 36.0 Å². The molecule has 2 aromatic heterocycles. The molecule has 7 heteroatoms. The highest BCUT2D eigenvalue weighted by Crippen LogP contribution is 2.37. The molecule has 5 nitrogen and oxygen atoms in total. The Labute approximate surface area is 162 Å². The third kappa shape index (κ3) is 4.67. The third-order valence-electron chi connectivity index (χ3n) is 4.33. The molecule has 2 aromatic rings. The topological polar surface area (TPSA) is 76.1 Å². The largest absolute Gasteiger partial charge is 1.00 e. The summed E-state index contributed by atoms with van der Waals surface area (Å²) in [5.41, 5.74) is 8.30. The van der Waals surface area contributed by atoms with E-state index < -0.39 is 5.91 Å². The van der Waals surface area contributed by atoms with Crippen LogP contribution in [0.15, 0.2) is 24.5 Å². The van der Waals surface area contributed by atoms with Gasteiger partial charge in [0.05, 0.1) is 12.0 Å². The number of nitrogens with two attached hydrogens (primary N) is 1.